The Morgan fingerprint density at radius 2 is 1.80 bits per heavy atom. The molecule has 2 saturated heterocycles. The maximum absolute atomic E-state index is 13.5. The van der Waals surface area contributed by atoms with Crippen LogP contribution in [0.2, 0.25) is 5.15 Å². The summed E-state index contributed by atoms with van der Waals surface area (Å²) >= 11 is 6.65. The van der Waals surface area contributed by atoms with Crippen LogP contribution in [0.1, 0.15) is 75.8 Å². The van der Waals surface area contributed by atoms with Crippen LogP contribution in [0.5, 0.6) is 0 Å². The number of nitrogens with zero attached hydrogens (tertiary/aromatic N) is 4. The van der Waals surface area contributed by atoms with E-state index in [0.29, 0.717) is 54.1 Å². The van der Waals surface area contributed by atoms with Crippen molar-refractivity contribution in [1.82, 2.24) is 24.3 Å². The van der Waals surface area contributed by atoms with E-state index in [1.165, 1.54) is 48.6 Å². The fourth-order valence-corrected chi connectivity index (χ4v) is 7.38. The number of nitrogens with one attached hydrogen (secondary N) is 1. The first-order valence-corrected chi connectivity index (χ1v) is 15.4. The van der Waals surface area contributed by atoms with E-state index >= 15 is 0 Å². The molecule has 3 aromatic rings. The molecule has 4 heterocycles. The standard InChI is InChI=1S/C31H38ClN5O3/c32-26-18-24-27(37(26)23-9-5-21(6-10-23)25-4-2-1-3-15-33-25)34-20-36(28(24)38)19-30(40)13-16-35(17-14-30)29(39)31(11-12-31)22-7-8-22/h5-6,9-10,18,20,22,25,33,40H,1-4,7-8,11-17,19H2. The number of amides is 1. The van der Waals surface area contributed by atoms with Gasteiger partial charge in [-0.25, -0.2) is 4.98 Å². The number of hydrogen-bond donors (Lipinski definition) is 2. The van der Waals surface area contributed by atoms with E-state index in [-0.39, 0.29) is 23.4 Å². The van der Waals surface area contributed by atoms with E-state index in [9.17, 15) is 14.7 Å². The summed E-state index contributed by atoms with van der Waals surface area (Å²) in [7, 11) is 0. The summed E-state index contributed by atoms with van der Waals surface area (Å²) in [5.41, 5.74) is 1.25. The maximum Gasteiger partial charge on any atom is 0.262 e. The summed E-state index contributed by atoms with van der Waals surface area (Å²) in [6, 6.07) is 10.4. The molecular formula is C31H38ClN5O3. The normalized spacial score (nSPS) is 24.1. The van der Waals surface area contributed by atoms with Crippen LogP contribution in [0.15, 0.2) is 41.5 Å². The molecule has 9 heteroatoms. The Balaban J connectivity index is 1.07. The highest BCUT2D eigenvalue weighted by Gasteiger charge is 2.60. The fraction of sp³-hybridized carbons (Fsp3) is 0.581. The number of rotatable bonds is 6. The molecule has 2 aromatic heterocycles. The van der Waals surface area contributed by atoms with E-state index < -0.39 is 5.60 Å². The lowest BCUT2D eigenvalue weighted by Gasteiger charge is -2.39. The second-order valence-corrected chi connectivity index (χ2v) is 13.0. The molecule has 2 N–H and O–H groups in total. The Morgan fingerprint density at radius 3 is 2.50 bits per heavy atom. The summed E-state index contributed by atoms with van der Waals surface area (Å²) in [6.45, 7) is 2.26. The molecule has 2 aliphatic carbocycles. The molecule has 8 nitrogen and oxygen atoms in total. The third-order valence-electron chi connectivity index (χ3n) is 9.87. The zero-order chi connectivity index (χ0) is 27.5. The Bertz CT molecular complexity index is 1470. The predicted molar refractivity (Wildman–Crippen MR) is 155 cm³/mol. The van der Waals surface area contributed by atoms with Crippen LogP contribution in [0.3, 0.4) is 0 Å². The lowest BCUT2D eigenvalue weighted by Crippen LogP contribution is -2.51. The third kappa shape index (κ3) is 4.68. The Kier molecular flexibility index (Phi) is 6.56. The Morgan fingerprint density at radius 1 is 1.05 bits per heavy atom. The molecule has 2 saturated carbocycles. The van der Waals surface area contributed by atoms with Crippen molar-refractivity contribution in [3.8, 4) is 5.69 Å². The molecule has 4 fully saturated rings. The number of carbonyl (C=O) groups is 1. The molecule has 4 aliphatic rings. The molecule has 1 atom stereocenters. The van der Waals surface area contributed by atoms with E-state index in [0.717, 1.165) is 31.5 Å². The van der Waals surface area contributed by atoms with Gasteiger partial charge in [0.05, 0.1) is 22.9 Å². The number of hydrogen-bond acceptors (Lipinski definition) is 5. The average molecular weight is 564 g/mol. The van der Waals surface area contributed by atoms with E-state index in [1.807, 2.05) is 17.0 Å². The Labute approximate surface area is 239 Å². The zero-order valence-electron chi connectivity index (χ0n) is 22.9. The van der Waals surface area contributed by atoms with Crippen molar-refractivity contribution in [3.63, 3.8) is 0 Å². The van der Waals surface area contributed by atoms with Gasteiger partial charge in [-0.2, -0.15) is 0 Å². The number of piperidine rings is 1. The van der Waals surface area contributed by atoms with Crippen molar-refractivity contribution >= 4 is 28.5 Å². The van der Waals surface area contributed by atoms with Gasteiger partial charge >= 0.3 is 0 Å². The molecule has 7 rings (SSSR count). The largest absolute Gasteiger partial charge is 0.388 e. The number of aliphatic hydroxyl groups is 1. The van der Waals surface area contributed by atoms with Gasteiger partial charge in [0, 0.05) is 24.8 Å². The summed E-state index contributed by atoms with van der Waals surface area (Å²) in [6.07, 6.45) is 11.7. The topological polar surface area (TPSA) is 92.4 Å². The van der Waals surface area contributed by atoms with Crippen LogP contribution in [0, 0.1) is 11.3 Å². The molecule has 1 amide bonds. The van der Waals surface area contributed by atoms with Crippen molar-refractivity contribution in [2.45, 2.75) is 82.4 Å². The van der Waals surface area contributed by atoms with Gasteiger partial charge < -0.3 is 15.3 Å². The molecule has 1 aromatic carbocycles. The lowest BCUT2D eigenvalue weighted by molar-refractivity contribution is -0.142. The number of halogens is 1. The highest BCUT2D eigenvalue weighted by molar-refractivity contribution is 6.31. The van der Waals surface area contributed by atoms with Crippen molar-refractivity contribution in [2.24, 2.45) is 11.3 Å². The second-order valence-electron chi connectivity index (χ2n) is 12.6. The number of aromatic nitrogens is 3. The second kappa shape index (κ2) is 10.00. The van der Waals surface area contributed by atoms with E-state index in [2.05, 4.69) is 22.4 Å². The lowest BCUT2D eigenvalue weighted by atomic mass is 9.89. The first-order chi connectivity index (χ1) is 19.4. The minimum atomic E-state index is -1.06. The first kappa shape index (κ1) is 26.2. The maximum atomic E-state index is 13.5. The summed E-state index contributed by atoms with van der Waals surface area (Å²) in [5, 5.41) is 15.9. The summed E-state index contributed by atoms with van der Waals surface area (Å²) < 4.78 is 3.30. The predicted octanol–water partition coefficient (Wildman–Crippen LogP) is 4.59. The molecule has 0 bridgehead atoms. The molecule has 2 aliphatic heterocycles. The molecular weight excluding hydrogens is 526 g/mol. The fourth-order valence-electron chi connectivity index (χ4n) is 7.10. The number of likely N-dealkylation sites (tertiary alicyclic amines) is 1. The number of carbonyl (C=O) groups excluding carboxylic acids is 1. The summed E-state index contributed by atoms with van der Waals surface area (Å²) in [4.78, 5) is 33.2. The van der Waals surface area contributed by atoms with Gasteiger partial charge in [-0.15, -0.1) is 0 Å². The van der Waals surface area contributed by atoms with Gasteiger partial charge in [0.2, 0.25) is 5.91 Å². The van der Waals surface area contributed by atoms with Gasteiger partial charge in [0.1, 0.15) is 11.5 Å². The third-order valence-corrected chi connectivity index (χ3v) is 10.2. The van der Waals surface area contributed by atoms with Gasteiger partial charge in [-0.1, -0.05) is 36.6 Å². The zero-order valence-corrected chi connectivity index (χ0v) is 23.7. The quantitative estimate of drug-likeness (QED) is 0.458. The van der Waals surface area contributed by atoms with Crippen LogP contribution in [0.4, 0.5) is 0 Å². The first-order valence-electron chi connectivity index (χ1n) is 15.0. The van der Waals surface area contributed by atoms with Gasteiger partial charge in [0.15, 0.2) is 5.65 Å². The smallest absolute Gasteiger partial charge is 0.262 e. The highest BCUT2D eigenvalue weighted by Crippen LogP contribution is 2.62. The SMILES string of the molecule is O=C(N1CCC(O)(Cn2cnc3c(cc(Cl)n3-c3ccc(C4CCCCCN4)cc3)c2=O)CC1)C1(C2CC2)CC1. The van der Waals surface area contributed by atoms with Gasteiger partial charge in [-0.3, -0.25) is 18.7 Å². The van der Waals surface area contributed by atoms with Crippen molar-refractivity contribution in [1.29, 1.82) is 0 Å². The minimum Gasteiger partial charge on any atom is -0.388 e. The van der Waals surface area contributed by atoms with Crippen LogP contribution in [0.25, 0.3) is 16.7 Å². The molecule has 40 heavy (non-hydrogen) atoms. The Hall–Kier alpha value is -2.68. The monoisotopic (exact) mass is 563 g/mol. The highest BCUT2D eigenvalue weighted by atomic mass is 35.5. The van der Waals surface area contributed by atoms with Crippen molar-refractivity contribution in [2.75, 3.05) is 19.6 Å². The van der Waals surface area contributed by atoms with Crippen molar-refractivity contribution < 1.29 is 9.90 Å². The van der Waals surface area contributed by atoms with E-state index in [1.54, 1.807) is 10.6 Å². The van der Waals surface area contributed by atoms with Gasteiger partial charge in [0.25, 0.3) is 5.56 Å². The van der Waals surface area contributed by atoms with Crippen LogP contribution in [-0.2, 0) is 11.3 Å². The molecule has 0 spiro atoms. The van der Waals surface area contributed by atoms with Crippen LogP contribution >= 0.6 is 11.6 Å². The molecule has 0 radical (unpaired) electrons. The average Bonchev–Trinajstić information content (AvgIpc) is 3.86. The van der Waals surface area contributed by atoms with Crippen LogP contribution < -0.4 is 10.9 Å². The van der Waals surface area contributed by atoms with Crippen molar-refractivity contribution in [3.05, 3.63) is 57.7 Å². The van der Waals surface area contributed by atoms with Crippen LogP contribution in [-0.4, -0.2) is 55.3 Å². The molecule has 1 unspecified atom stereocenters. The molecule has 212 valence electrons. The minimum absolute atomic E-state index is 0.0970. The number of fused-ring (bicyclic) bond motifs is 1. The summed E-state index contributed by atoms with van der Waals surface area (Å²) in [5.74, 6) is 0.861. The number of benzene rings is 1. The van der Waals surface area contributed by atoms with E-state index in [4.69, 9.17) is 11.6 Å². The van der Waals surface area contributed by atoms with Gasteiger partial charge in [-0.05, 0) is 87.6 Å².